The fraction of sp³-hybridized carbons (Fsp3) is 0.200. The van der Waals surface area contributed by atoms with Gasteiger partial charge in [0, 0.05) is 29.9 Å². The summed E-state index contributed by atoms with van der Waals surface area (Å²) in [4.78, 5) is 20.6. The van der Waals surface area contributed by atoms with Crippen molar-refractivity contribution in [2.45, 2.75) is 19.9 Å². The molecule has 126 valence electrons. The van der Waals surface area contributed by atoms with Crippen molar-refractivity contribution >= 4 is 28.6 Å². The average molecular weight is 349 g/mol. The molecule has 0 radical (unpaired) electrons. The fourth-order valence-corrected chi connectivity index (χ4v) is 4.00. The van der Waals surface area contributed by atoms with E-state index in [9.17, 15) is 4.79 Å². The van der Waals surface area contributed by atoms with Crippen LogP contribution in [0.1, 0.15) is 26.5 Å². The van der Waals surface area contributed by atoms with Gasteiger partial charge in [0.25, 0.3) is 5.91 Å². The zero-order chi connectivity index (χ0) is 17.2. The molecule has 0 spiro atoms. The minimum atomic E-state index is -0.131. The molecule has 1 aromatic carbocycles. The van der Waals surface area contributed by atoms with Gasteiger partial charge in [-0.2, -0.15) is 0 Å². The van der Waals surface area contributed by atoms with Crippen LogP contribution in [0.4, 0.5) is 11.4 Å². The molecule has 1 aliphatic rings. The Labute approximate surface area is 151 Å². The van der Waals surface area contributed by atoms with E-state index in [2.05, 4.69) is 32.7 Å². The molecule has 2 aromatic heterocycles. The lowest BCUT2D eigenvalue weighted by atomic mass is 10.1. The van der Waals surface area contributed by atoms with Crippen molar-refractivity contribution in [2.75, 3.05) is 16.8 Å². The Bertz CT molecular complexity index is 901. The highest BCUT2D eigenvalue weighted by Crippen LogP contribution is 2.32. The van der Waals surface area contributed by atoms with Gasteiger partial charge >= 0.3 is 0 Å². The van der Waals surface area contributed by atoms with Gasteiger partial charge in [0.1, 0.15) is 0 Å². The first kappa shape index (κ1) is 15.8. The number of rotatable bonds is 3. The maximum absolute atomic E-state index is 12.5. The van der Waals surface area contributed by atoms with Crippen molar-refractivity contribution in [3.05, 3.63) is 75.7 Å². The smallest absolute Gasteiger partial charge is 0.257 e. The van der Waals surface area contributed by atoms with Gasteiger partial charge in [0.05, 0.1) is 16.9 Å². The minimum absolute atomic E-state index is 0.131. The zero-order valence-corrected chi connectivity index (χ0v) is 14.8. The molecular formula is C20H19N3OS. The van der Waals surface area contributed by atoms with E-state index < -0.39 is 0 Å². The Kier molecular flexibility index (Phi) is 4.24. The van der Waals surface area contributed by atoms with E-state index in [4.69, 9.17) is 0 Å². The molecule has 3 heterocycles. The maximum Gasteiger partial charge on any atom is 0.257 e. The Balaban J connectivity index is 1.57. The molecule has 3 aromatic rings. The number of aromatic nitrogens is 1. The van der Waals surface area contributed by atoms with Crippen molar-refractivity contribution in [1.82, 2.24) is 4.98 Å². The van der Waals surface area contributed by atoms with E-state index in [0.717, 1.165) is 36.6 Å². The predicted octanol–water partition coefficient (Wildman–Crippen LogP) is 4.27. The van der Waals surface area contributed by atoms with Crippen molar-refractivity contribution in [2.24, 2.45) is 0 Å². The number of carbonyl (C=O) groups is 1. The third-order valence-electron chi connectivity index (χ3n) is 4.47. The highest BCUT2D eigenvalue weighted by Gasteiger charge is 2.20. The molecule has 0 atom stereocenters. The van der Waals surface area contributed by atoms with Gasteiger partial charge in [-0.3, -0.25) is 9.78 Å². The summed E-state index contributed by atoms with van der Waals surface area (Å²) in [5, 5.41) is 5.20. The third-order valence-corrected chi connectivity index (χ3v) is 5.50. The maximum atomic E-state index is 12.5. The van der Waals surface area contributed by atoms with E-state index in [-0.39, 0.29) is 5.91 Å². The van der Waals surface area contributed by atoms with Crippen molar-refractivity contribution < 1.29 is 4.79 Å². The van der Waals surface area contributed by atoms with Gasteiger partial charge in [-0.1, -0.05) is 12.1 Å². The number of nitrogens with zero attached hydrogens (tertiary/aromatic N) is 2. The Morgan fingerprint density at radius 2 is 2.08 bits per heavy atom. The van der Waals surface area contributed by atoms with Crippen LogP contribution in [-0.2, 0) is 13.0 Å². The Hall–Kier alpha value is -2.66. The number of fused-ring (bicyclic) bond motifs is 1. The fourth-order valence-electron chi connectivity index (χ4n) is 3.11. The Morgan fingerprint density at radius 1 is 1.20 bits per heavy atom. The van der Waals surface area contributed by atoms with Crippen molar-refractivity contribution in [3.8, 4) is 0 Å². The molecule has 0 saturated carbocycles. The summed E-state index contributed by atoms with van der Waals surface area (Å²) in [7, 11) is 0. The number of thiophene rings is 1. The van der Waals surface area contributed by atoms with Gasteiger partial charge in [-0.05, 0) is 54.6 Å². The summed E-state index contributed by atoms with van der Waals surface area (Å²) in [5.41, 5.74) is 4.76. The van der Waals surface area contributed by atoms with Gasteiger partial charge in [-0.25, -0.2) is 0 Å². The quantitative estimate of drug-likeness (QED) is 0.768. The lowest BCUT2D eigenvalue weighted by Crippen LogP contribution is -2.30. The number of nitrogens with one attached hydrogen (secondary N) is 1. The molecule has 1 amide bonds. The molecule has 0 unspecified atom stereocenters. The number of amides is 1. The van der Waals surface area contributed by atoms with E-state index in [0.29, 0.717) is 5.56 Å². The van der Waals surface area contributed by atoms with Crippen LogP contribution in [-0.4, -0.2) is 17.4 Å². The molecule has 0 bridgehead atoms. The van der Waals surface area contributed by atoms with Crippen molar-refractivity contribution in [1.29, 1.82) is 0 Å². The molecule has 0 saturated heterocycles. The van der Waals surface area contributed by atoms with Gasteiger partial charge in [0.15, 0.2) is 0 Å². The summed E-state index contributed by atoms with van der Waals surface area (Å²) in [6.07, 6.45) is 2.67. The molecule has 0 aliphatic carbocycles. The highest BCUT2D eigenvalue weighted by molar-refractivity contribution is 7.10. The first-order chi connectivity index (χ1) is 12.2. The van der Waals surface area contributed by atoms with Crippen LogP contribution >= 0.6 is 11.3 Å². The van der Waals surface area contributed by atoms with Crippen LogP contribution in [0.25, 0.3) is 0 Å². The summed E-state index contributed by atoms with van der Waals surface area (Å²) in [6, 6.07) is 13.8. The van der Waals surface area contributed by atoms with Crippen molar-refractivity contribution in [3.63, 3.8) is 0 Å². The standard InChI is InChI=1S/C20H19N3OS/c1-14-6-7-15(12-21-14)20(24)22-17-4-2-3-5-18(17)23-10-8-19-16(13-23)9-11-25-19/h2-7,9,11-12H,8,10,13H2,1H3,(H,22,24). The van der Waals surface area contributed by atoms with Crippen LogP contribution in [0, 0.1) is 6.92 Å². The lowest BCUT2D eigenvalue weighted by molar-refractivity contribution is 0.102. The second kappa shape index (κ2) is 6.69. The number of pyridine rings is 1. The van der Waals surface area contributed by atoms with Crippen LogP contribution in [0.2, 0.25) is 0 Å². The van der Waals surface area contributed by atoms with E-state index >= 15 is 0 Å². The van der Waals surface area contributed by atoms with E-state index in [1.807, 2.05) is 42.5 Å². The van der Waals surface area contributed by atoms with Gasteiger partial charge < -0.3 is 10.2 Å². The molecule has 1 aliphatic heterocycles. The highest BCUT2D eigenvalue weighted by atomic mass is 32.1. The Morgan fingerprint density at radius 3 is 2.92 bits per heavy atom. The van der Waals surface area contributed by atoms with E-state index in [1.54, 1.807) is 12.3 Å². The molecular weight excluding hydrogens is 330 g/mol. The molecule has 5 heteroatoms. The molecule has 0 fully saturated rings. The van der Waals surface area contributed by atoms with Crippen LogP contribution in [0.15, 0.2) is 54.0 Å². The first-order valence-corrected chi connectivity index (χ1v) is 9.22. The molecule has 25 heavy (non-hydrogen) atoms. The minimum Gasteiger partial charge on any atom is -0.365 e. The number of hydrogen-bond donors (Lipinski definition) is 1. The van der Waals surface area contributed by atoms with E-state index in [1.165, 1.54) is 10.4 Å². The third kappa shape index (κ3) is 3.28. The second-order valence-electron chi connectivity index (χ2n) is 6.20. The number of anilines is 2. The monoisotopic (exact) mass is 349 g/mol. The molecule has 4 rings (SSSR count). The zero-order valence-electron chi connectivity index (χ0n) is 14.0. The lowest BCUT2D eigenvalue weighted by Gasteiger charge is -2.30. The first-order valence-electron chi connectivity index (χ1n) is 8.34. The number of para-hydroxylation sites is 2. The van der Waals surface area contributed by atoms with Crippen LogP contribution in [0.3, 0.4) is 0 Å². The van der Waals surface area contributed by atoms with Crippen LogP contribution < -0.4 is 10.2 Å². The average Bonchev–Trinajstić information content (AvgIpc) is 3.10. The summed E-state index contributed by atoms with van der Waals surface area (Å²) in [5.74, 6) is -0.131. The summed E-state index contributed by atoms with van der Waals surface area (Å²) in [6.45, 7) is 3.76. The number of carbonyl (C=O) groups excluding carboxylic acids is 1. The second-order valence-corrected chi connectivity index (χ2v) is 7.20. The van der Waals surface area contributed by atoms with Gasteiger partial charge in [-0.15, -0.1) is 11.3 Å². The SMILES string of the molecule is Cc1ccc(C(=O)Nc2ccccc2N2CCc3sccc3C2)cn1. The topological polar surface area (TPSA) is 45.2 Å². The van der Waals surface area contributed by atoms with Crippen LogP contribution in [0.5, 0.6) is 0 Å². The number of aryl methyl sites for hydroxylation is 1. The summed E-state index contributed by atoms with van der Waals surface area (Å²) < 4.78 is 0. The summed E-state index contributed by atoms with van der Waals surface area (Å²) >= 11 is 1.83. The normalized spacial score (nSPS) is 13.4. The number of hydrogen-bond acceptors (Lipinski definition) is 4. The predicted molar refractivity (Wildman–Crippen MR) is 102 cm³/mol. The molecule has 1 N–H and O–H groups in total. The van der Waals surface area contributed by atoms with Gasteiger partial charge in [0.2, 0.25) is 0 Å². The molecule has 4 nitrogen and oxygen atoms in total. The largest absolute Gasteiger partial charge is 0.365 e. The number of benzene rings is 1.